The molecule has 3 rings (SSSR count). The Kier molecular flexibility index (Phi) is 1.48. The number of benzene rings is 1. The van der Waals surface area contributed by atoms with Crippen LogP contribution in [-0.2, 0) is 7.05 Å². The number of aromatic amines is 1. The van der Waals surface area contributed by atoms with Crippen molar-refractivity contribution in [2.24, 2.45) is 7.05 Å². The number of pyridine rings is 1. The third-order valence-electron chi connectivity index (χ3n) is 2.65. The van der Waals surface area contributed by atoms with Crippen LogP contribution in [0, 0.1) is 0 Å². The van der Waals surface area contributed by atoms with E-state index in [0.29, 0.717) is 0 Å². The van der Waals surface area contributed by atoms with Crippen LogP contribution in [0.4, 0.5) is 0 Å². The molecule has 0 unspecified atom stereocenters. The van der Waals surface area contributed by atoms with Crippen molar-refractivity contribution in [1.82, 2.24) is 14.5 Å². The summed E-state index contributed by atoms with van der Waals surface area (Å²) in [6.07, 6.45) is 1.72. The zero-order valence-electron chi connectivity index (χ0n) is 8.19. The predicted molar refractivity (Wildman–Crippen MR) is 61.0 cm³/mol. The lowest BCUT2D eigenvalue weighted by Gasteiger charge is -1.98. The lowest BCUT2D eigenvalue weighted by Crippen LogP contribution is -2.11. The van der Waals surface area contributed by atoms with Crippen LogP contribution < -0.4 is 5.69 Å². The van der Waals surface area contributed by atoms with Gasteiger partial charge in [0.1, 0.15) is 0 Å². The van der Waals surface area contributed by atoms with Gasteiger partial charge in [-0.15, -0.1) is 0 Å². The Morgan fingerprint density at radius 1 is 1.40 bits per heavy atom. The van der Waals surface area contributed by atoms with Crippen molar-refractivity contribution >= 4 is 21.9 Å². The fourth-order valence-electron chi connectivity index (χ4n) is 1.82. The smallest absolute Gasteiger partial charge is 0.305 e. The minimum atomic E-state index is -0.108. The molecular weight excluding hydrogens is 190 g/mol. The van der Waals surface area contributed by atoms with E-state index >= 15 is 0 Å². The van der Waals surface area contributed by atoms with Crippen LogP contribution in [0.15, 0.2) is 35.3 Å². The maximum Gasteiger partial charge on any atom is 0.326 e. The Morgan fingerprint density at radius 2 is 2.20 bits per heavy atom. The summed E-state index contributed by atoms with van der Waals surface area (Å²) in [5.41, 5.74) is 2.47. The molecule has 0 amide bonds. The Morgan fingerprint density at radius 3 is 3.07 bits per heavy atom. The number of hydrogen-bond donors (Lipinski definition) is 1. The topological polar surface area (TPSA) is 50.7 Å². The molecule has 0 saturated carbocycles. The number of hydrogen-bond acceptors (Lipinski definition) is 2. The van der Waals surface area contributed by atoms with Gasteiger partial charge in [0.25, 0.3) is 0 Å². The SMILES string of the molecule is Cn1c(=O)[nH]c2c3ccccc3ncc21.[HH]. The summed E-state index contributed by atoms with van der Waals surface area (Å²) in [7, 11) is 1.73. The third kappa shape index (κ3) is 1.01. The van der Waals surface area contributed by atoms with Crippen LogP contribution in [0.1, 0.15) is 1.43 Å². The van der Waals surface area contributed by atoms with E-state index in [0.717, 1.165) is 21.9 Å². The largest absolute Gasteiger partial charge is 0.326 e. The van der Waals surface area contributed by atoms with Crippen LogP contribution in [0.5, 0.6) is 0 Å². The summed E-state index contributed by atoms with van der Waals surface area (Å²) in [6, 6.07) is 7.76. The predicted octanol–water partition coefficient (Wildman–Crippen LogP) is 1.66. The highest BCUT2D eigenvalue weighted by molar-refractivity contribution is 6.01. The van der Waals surface area contributed by atoms with Gasteiger partial charge in [0.05, 0.1) is 22.7 Å². The molecule has 0 fully saturated rings. The molecule has 0 aliphatic rings. The van der Waals surface area contributed by atoms with Gasteiger partial charge in [-0.3, -0.25) is 9.55 Å². The maximum absolute atomic E-state index is 11.5. The van der Waals surface area contributed by atoms with Gasteiger partial charge >= 0.3 is 5.69 Å². The van der Waals surface area contributed by atoms with Crippen molar-refractivity contribution in [1.29, 1.82) is 0 Å². The average Bonchev–Trinajstić information content (AvgIpc) is 2.56. The summed E-state index contributed by atoms with van der Waals surface area (Å²) < 4.78 is 1.56. The first-order chi connectivity index (χ1) is 7.27. The number of aryl methyl sites for hydroxylation is 1. The third-order valence-corrected chi connectivity index (χ3v) is 2.65. The average molecular weight is 201 g/mol. The number of rotatable bonds is 0. The first-order valence-electron chi connectivity index (χ1n) is 4.70. The first kappa shape index (κ1) is 8.23. The van der Waals surface area contributed by atoms with Gasteiger partial charge in [0, 0.05) is 13.9 Å². The number of aromatic nitrogens is 3. The van der Waals surface area contributed by atoms with Crippen molar-refractivity contribution in [3.8, 4) is 0 Å². The molecule has 0 aliphatic carbocycles. The van der Waals surface area contributed by atoms with Gasteiger partial charge in [-0.2, -0.15) is 0 Å². The quantitative estimate of drug-likeness (QED) is 0.601. The molecule has 0 saturated heterocycles. The number of para-hydroxylation sites is 1. The van der Waals surface area contributed by atoms with Crippen LogP contribution in [0.2, 0.25) is 0 Å². The lowest BCUT2D eigenvalue weighted by molar-refractivity contribution is 0.890. The molecule has 76 valence electrons. The molecular formula is C11H11N3O. The molecule has 0 atom stereocenters. The Bertz CT molecular complexity index is 714. The fraction of sp³-hybridized carbons (Fsp3) is 0.0909. The van der Waals surface area contributed by atoms with Crippen molar-refractivity contribution < 1.29 is 1.43 Å². The number of H-pyrrole nitrogens is 1. The van der Waals surface area contributed by atoms with Gasteiger partial charge in [0.15, 0.2) is 0 Å². The summed E-state index contributed by atoms with van der Waals surface area (Å²) >= 11 is 0. The minimum Gasteiger partial charge on any atom is -0.305 e. The molecule has 0 spiro atoms. The molecule has 3 aromatic rings. The summed E-state index contributed by atoms with van der Waals surface area (Å²) in [5, 5.41) is 0.979. The number of imidazole rings is 1. The summed E-state index contributed by atoms with van der Waals surface area (Å²) in [4.78, 5) is 18.6. The van der Waals surface area contributed by atoms with E-state index in [1.165, 1.54) is 0 Å². The molecule has 4 heteroatoms. The number of nitrogens with zero attached hydrogens (tertiary/aromatic N) is 2. The van der Waals surface area contributed by atoms with Crippen molar-refractivity contribution in [3.63, 3.8) is 0 Å². The van der Waals surface area contributed by atoms with Gasteiger partial charge in [0.2, 0.25) is 0 Å². The molecule has 2 heterocycles. The van der Waals surface area contributed by atoms with Crippen LogP contribution in [-0.4, -0.2) is 14.5 Å². The Hall–Kier alpha value is -2.10. The standard InChI is InChI=1S/C11H9N3O.H2/c1-14-9-6-12-8-5-3-2-4-7(8)10(9)13-11(14)15;/h2-6H,1H3,(H,13,15);1H. The molecule has 0 aliphatic heterocycles. The van der Waals surface area contributed by atoms with Crippen molar-refractivity contribution in [3.05, 3.63) is 40.9 Å². The number of fused-ring (bicyclic) bond motifs is 3. The highest BCUT2D eigenvalue weighted by Gasteiger charge is 2.06. The second-order valence-electron chi connectivity index (χ2n) is 3.52. The van der Waals surface area contributed by atoms with Crippen LogP contribution in [0.3, 0.4) is 0 Å². The molecule has 0 bridgehead atoms. The first-order valence-corrected chi connectivity index (χ1v) is 4.70. The van der Waals surface area contributed by atoms with Gasteiger partial charge in [-0.05, 0) is 6.07 Å². The van der Waals surface area contributed by atoms with Crippen molar-refractivity contribution in [2.45, 2.75) is 0 Å². The van der Waals surface area contributed by atoms with E-state index in [4.69, 9.17) is 0 Å². The van der Waals surface area contributed by atoms with Crippen LogP contribution >= 0.6 is 0 Å². The molecule has 2 aromatic heterocycles. The van der Waals surface area contributed by atoms with Crippen molar-refractivity contribution in [2.75, 3.05) is 0 Å². The van der Waals surface area contributed by atoms with Gasteiger partial charge in [-0.1, -0.05) is 18.2 Å². The normalized spacial score (nSPS) is 11.3. The fourth-order valence-corrected chi connectivity index (χ4v) is 1.82. The highest BCUT2D eigenvalue weighted by atomic mass is 16.1. The van der Waals surface area contributed by atoms with E-state index in [1.54, 1.807) is 17.8 Å². The zero-order chi connectivity index (χ0) is 10.4. The molecule has 1 aromatic carbocycles. The maximum atomic E-state index is 11.5. The molecule has 4 nitrogen and oxygen atoms in total. The molecule has 15 heavy (non-hydrogen) atoms. The molecule has 1 N–H and O–H groups in total. The zero-order valence-corrected chi connectivity index (χ0v) is 8.19. The highest BCUT2D eigenvalue weighted by Crippen LogP contribution is 2.19. The van der Waals surface area contributed by atoms with Crippen LogP contribution in [0.25, 0.3) is 21.9 Å². The summed E-state index contributed by atoms with van der Waals surface area (Å²) in [5.74, 6) is 0. The van der Waals surface area contributed by atoms with Gasteiger partial charge < -0.3 is 4.98 Å². The lowest BCUT2D eigenvalue weighted by atomic mass is 10.2. The molecule has 0 radical (unpaired) electrons. The Balaban J connectivity index is 0.000000963. The minimum absolute atomic E-state index is 0. The Labute approximate surface area is 86.7 Å². The number of nitrogens with one attached hydrogen (secondary N) is 1. The van der Waals surface area contributed by atoms with E-state index in [2.05, 4.69) is 9.97 Å². The second-order valence-corrected chi connectivity index (χ2v) is 3.52. The van der Waals surface area contributed by atoms with E-state index < -0.39 is 0 Å². The van der Waals surface area contributed by atoms with Gasteiger partial charge in [-0.25, -0.2) is 4.79 Å². The van der Waals surface area contributed by atoms with E-state index in [-0.39, 0.29) is 7.12 Å². The second kappa shape index (κ2) is 2.70. The summed E-state index contributed by atoms with van der Waals surface area (Å²) in [6.45, 7) is 0. The van der Waals surface area contributed by atoms with E-state index in [1.807, 2.05) is 24.3 Å². The van der Waals surface area contributed by atoms with E-state index in [9.17, 15) is 4.79 Å². The monoisotopic (exact) mass is 201 g/mol.